The normalized spacial score (nSPS) is 22.4. The lowest BCUT2D eigenvalue weighted by Gasteiger charge is -2.32. The molecule has 0 spiro atoms. The van der Waals surface area contributed by atoms with Gasteiger partial charge in [-0.05, 0) is 57.5 Å². The van der Waals surface area contributed by atoms with E-state index in [-0.39, 0.29) is 6.04 Å². The van der Waals surface area contributed by atoms with E-state index in [0.29, 0.717) is 11.9 Å². The molecule has 0 aromatic carbocycles. The van der Waals surface area contributed by atoms with Crippen molar-refractivity contribution >= 4 is 5.91 Å². The molecule has 0 aromatic heterocycles. The SMILES string of the molecule is CCCCCCCCC[C@H](CCCCCCC[C@@H]1C[C@@H]1CCCCCCCC)NC(=O)[C@H]1CCCCN1C. The first kappa shape index (κ1) is 33.6. The third-order valence-electron chi connectivity index (χ3n) is 9.70. The van der Waals surface area contributed by atoms with Crippen molar-refractivity contribution in [1.29, 1.82) is 0 Å². The van der Waals surface area contributed by atoms with Crippen LogP contribution in [0.5, 0.6) is 0 Å². The van der Waals surface area contributed by atoms with Crippen molar-refractivity contribution in [2.24, 2.45) is 11.8 Å². The molecule has 0 unspecified atom stereocenters. The van der Waals surface area contributed by atoms with E-state index < -0.39 is 0 Å². The van der Waals surface area contributed by atoms with Gasteiger partial charge in [-0.3, -0.25) is 9.69 Å². The number of amides is 1. The maximum atomic E-state index is 13.1. The average Bonchev–Trinajstić information content (AvgIpc) is 3.67. The maximum Gasteiger partial charge on any atom is 0.237 e. The second kappa shape index (κ2) is 22.2. The molecule has 1 aliphatic carbocycles. The zero-order valence-corrected chi connectivity index (χ0v) is 26.3. The van der Waals surface area contributed by atoms with Crippen LogP contribution >= 0.6 is 0 Å². The predicted molar refractivity (Wildman–Crippen MR) is 167 cm³/mol. The summed E-state index contributed by atoms with van der Waals surface area (Å²) in [5.41, 5.74) is 0. The van der Waals surface area contributed by atoms with Crippen molar-refractivity contribution in [3.05, 3.63) is 0 Å². The van der Waals surface area contributed by atoms with Crippen LogP contribution in [-0.2, 0) is 4.79 Å². The molecule has 1 saturated carbocycles. The number of rotatable bonds is 25. The standard InChI is InChI=1S/C35H68N2O/c1-4-6-8-10-12-16-20-26-33(36-35(38)34-28-22-23-29-37(34)3)27-21-17-13-15-19-25-32-30-31(32)24-18-14-11-9-7-5-2/h31-34H,4-30H2,1-3H3,(H,36,38)/t31-,32+,33+,34+/m0/s1. The molecule has 1 amide bonds. The van der Waals surface area contributed by atoms with Gasteiger partial charge in [-0.1, -0.05) is 149 Å². The Hall–Kier alpha value is -0.570. The molecule has 1 N–H and O–H groups in total. The number of unbranched alkanes of at least 4 members (excludes halogenated alkanes) is 15. The molecule has 1 saturated heterocycles. The van der Waals surface area contributed by atoms with Gasteiger partial charge >= 0.3 is 0 Å². The largest absolute Gasteiger partial charge is 0.352 e. The van der Waals surface area contributed by atoms with Crippen molar-refractivity contribution < 1.29 is 4.79 Å². The lowest BCUT2D eigenvalue weighted by atomic mass is 9.98. The molecule has 2 fully saturated rings. The van der Waals surface area contributed by atoms with Gasteiger partial charge in [0.1, 0.15) is 0 Å². The van der Waals surface area contributed by atoms with Crippen LogP contribution in [0, 0.1) is 11.8 Å². The first-order valence-electron chi connectivity index (χ1n) is 17.7. The van der Waals surface area contributed by atoms with Crippen molar-refractivity contribution in [3.63, 3.8) is 0 Å². The minimum absolute atomic E-state index is 0.104. The number of nitrogens with zero attached hydrogens (tertiary/aromatic N) is 1. The summed E-state index contributed by atoms with van der Waals surface area (Å²) in [5, 5.41) is 3.51. The fourth-order valence-electron chi connectivity index (χ4n) is 6.87. The molecular formula is C35H68N2O. The highest BCUT2D eigenvalue weighted by Gasteiger charge is 2.35. The summed E-state index contributed by atoms with van der Waals surface area (Å²) in [6.07, 6.45) is 35.4. The summed E-state index contributed by atoms with van der Waals surface area (Å²) in [6, 6.07) is 0.496. The Morgan fingerprint density at radius 1 is 0.684 bits per heavy atom. The Kier molecular flexibility index (Phi) is 19.6. The van der Waals surface area contributed by atoms with Gasteiger partial charge in [0.2, 0.25) is 5.91 Å². The number of hydrogen-bond acceptors (Lipinski definition) is 2. The predicted octanol–water partition coefficient (Wildman–Crippen LogP) is 10.2. The molecule has 2 rings (SSSR count). The zero-order chi connectivity index (χ0) is 27.3. The molecule has 0 radical (unpaired) electrons. The Morgan fingerprint density at radius 2 is 1.16 bits per heavy atom. The summed E-state index contributed by atoms with van der Waals surface area (Å²) in [6.45, 7) is 5.67. The molecule has 1 heterocycles. The highest BCUT2D eigenvalue weighted by molar-refractivity contribution is 5.82. The summed E-state index contributed by atoms with van der Waals surface area (Å²) in [4.78, 5) is 15.3. The lowest BCUT2D eigenvalue weighted by molar-refractivity contribution is -0.127. The van der Waals surface area contributed by atoms with Gasteiger partial charge in [0, 0.05) is 6.04 Å². The van der Waals surface area contributed by atoms with E-state index in [1.165, 1.54) is 161 Å². The summed E-state index contributed by atoms with van der Waals surface area (Å²) >= 11 is 0. The minimum atomic E-state index is 0.104. The van der Waals surface area contributed by atoms with Crippen molar-refractivity contribution in [3.8, 4) is 0 Å². The molecule has 224 valence electrons. The van der Waals surface area contributed by atoms with E-state index >= 15 is 0 Å². The van der Waals surface area contributed by atoms with Gasteiger partial charge in [0.05, 0.1) is 6.04 Å². The fraction of sp³-hybridized carbons (Fsp3) is 0.971. The highest BCUT2D eigenvalue weighted by atomic mass is 16.2. The van der Waals surface area contributed by atoms with Crippen LogP contribution in [0.15, 0.2) is 0 Å². The molecule has 1 aliphatic heterocycles. The van der Waals surface area contributed by atoms with Crippen LogP contribution in [0.1, 0.15) is 181 Å². The molecule has 0 aromatic rings. The van der Waals surface area contributed by atoms with Crippen LogP contribution in [0.2, 0.25) is 0 Å². The number of piperidine rings is 1. The molecule has 4 atom stereocenters. The van der Waals surface area contributed by atoms with Crippen molar-refractivity contribution in [2.45, 2.75) is 193 Å². The average molecular weight is 533 g/mol. The summed E-state index contributed by atoms with van der Waals surface area (Å²) in [5.74, 6) is 2.46. The minimum Gasteiger partial charge on any atom is -0.352 e. The van der Waals surface area contributed by atoms with Gasteiger partial charge < -0.3 is 5.32 Å². The lowest BCUT2D eigenvalue weighted by Crippen LogP contribution is -2.50. The quantitative estimate of drug-likeness (QED) is 0.119. The molecule has 3 heteroatoms. The first-order chi connectivity index (χ1) is 18.7. The third-order valence-corrected chi connectivity index (χ3v) is 9.70. The van der Waals surface area contributed by atoms with Gasteiger partial charge in [-0.15, -0.1) is 0 Å². The zero-order valence-electron chi connectivity index (χ0n) is 26.3. The van der Waals surface area contributed by atoms with E-state index in [2.05, 4.69) is 31.1 Å². The Labute approximate surface area is 239 Å². The number of nitrogens with one attached hydrogen (secondary N) is 1. The van der Waals surface area contributed by atoms with Gasteiger partial charge in [0.25, 0.3) is 0 Å². The fourth-order valence-corrected chi connectivity index (χ4v) is 6.87. The van der Waals surface area contributed by atoms with Gasteiger partial charge in [-0.2, -0.15) is 0 Å². The molecule has 0 bridgehead atoms. The Bertz CT molecular complexity index is 564. The number of likely N-dealkylation sites (tertiary alicyclic amines) is 1. The monoisotopic (exact) mass is 533 g/mol. The first-order valence-corrected chi connectivity index (χ1v) is 17.7. The van der Waals surface area contributed by atoms with Crippen molar-refractivity contribution in [2.75, 3.05) is 13.6 Å². The van der Waals surface area contributed by atoms with Crippen molar-refractivity contribution in [1.82, 2.24) is 10.2 Å². The molecule has 38 heavy (non-hydrogen) atoms. The van der Waals surface area contributed by atoms with Crippen LogP contribution in [0.4, 0.5) is 0 Å². The number of carbonyl (C=O) groups is 1. The molecular weight excluding hydrogens is 464 g/mol. The van der Waals surface area contributed by atoms with Crippen LogP contribution in [0.25, 0.3) is 0 Å². The smallest absolute Gasteiger partial charge is 0.237 e. The van der Waals surface area contributed by atoms with Crippen LogP contribution in [0.3, 0.4) is 0 Å². The van der Waals surface area contributed by atoms with Gasteiger partial charge in [-0.25, -0.2) is 0 Å². The topological polar surface area (TPSA) is 32.3 Å². The number of carbonyl (C=O) groups excluding carboxylic acids is 1. The second-order valence-electron chi connectivity index (χ2n) is 13.3. The Morgan fingerprint density at radius 3 is 1.66 bits per heavy atom. The number of hydrogen-bond donors (Lipinski definition) is 1. The van der Waals surface area contributed by atoms with Crippen LogP contribution < -0.4 is 5.32 Å². The maximum absolute atomic E-state index is 13.1. The Balaban J connectivity index is 1.53. The van der Waals surface area contributed by atoms with E-state index in [9.17, 15) is 4.79 Å². The third kappa shape index (κ3) is 15.9. The van der Waals surface area contributed by atoms with E-state index in [1.807, 2.05) is 0 Å². The van der Waals surface area contributed by atoms with Gasteiger partial charge in [0.15, 0.2) is 0 Å². The molecule has 2 aliphatic rings. The number of likely N-dealkylation sites (N-methyl/N-ethyl adjacent to an activating group) is 1. The van der Waals surface area contributed by atoms with E-state index in [1.54, 1.807) is 0 Å². The highest BCUT2D eigenvalue weighted by Crippen LogP contribution is 2.45. The summed E-state index contributed by atoms with van der Waals surface area (Å²) < 4.78 is 0. The second-order valence-corrected chi connectivity index (χ2v) is 13.3. The summed E-state index contributed by atoms with van der Waals surface area (Å²) in [7, 11) is 2.13. The molecule has 3 nitrogen and oxygen atoms in total. The van der Waals surface area contributed by atoms with Crippen LogP contribution in [-0.4, -0.2) is 36.5 Å². The van der Waals surface area contributed by atoms with E-state index in [0.717, 1.165) is 24.8 Å². The van der Waals surface area contributed by atoms with E-state index in [4.69, 9.17) is 0 Å².